The summed E-state index contributed by atoms with van der Waals surface area (Å²) in [6.07, 6.45) is 5.42. The summed E-state index contributed by atoms with van der Waals surface area (Å²) in [6.45, 7) is 0.718. The van der Waals surface area contributed by atoms with E-state index in [1.165, 1.54) is 0 Å². The number of benzene rings is 2. The van der Waals surface area contributed by atoms with Gasteiger partial charge < -0.3 is 14.7 Å². The molecule has 0 saturated carbocycles. The van der Waals surface area contributed by atoms with Gasteiger partial charge in [0.25, 0.3) is 0 Å². The van der Waals surface area contributed by atoms with Crippen molar-refractivity contribution in [2.45, 2.75) is 6.54 Å². The highest BCUT2D eigenvalue weighted by Crippen LogP contribution is 2.24. The first-order chi connectivity index (χ1) is 11.7. The van der Waals surface area contributed by atoms with Gasteiger partial charge in [-0.2, -0.15) is 0 Å². The average Bonchev–Trinajstić information content (AvgIpc) is 3.23. The Balaban J connectivity index is 1.75. The molecule has 0 radical (unpaired) electrons. The molecule has 0 amide bonds. The van der Waals surface area contributed by atoms with Crippen molar-refractivity contribution >= 4 is 17.0 Å². The van der Waals surface area contributed by atoms with E-state index in [2.05, 4.69) is 15.0 Å². The van der Waals surface area contributed by atoms with Crippen molar-refractivity contribution in [3.8, 4) is 11.4 Å². The Kier molecular flexibility index (Phi) is 3.35. The van der Waals surface area contributed by atoms with Gasteiger partial charge in [0.05, 0.1) is 22.9 Å². The molecule has 4 rings (SSSR count). The largest absolute Gasteiger partial charge is 0.478 e. The fourth-order valence-corrected chi connectivity index (χ4v) is 2.75. The SMILES string of the molecule is O=C(O)c1ccccc1-c1nc2ccc(Cn3ccnc3)cc2[nH]1. The summed E-state index contributed by atoms with van der Waals surface area (Å²) in [5.41, 5.74) is 3.61. The number of carboxylic acids is 1. The highest BCUT2D eigenvalue weighted by Gasteiger charge is 2.14. The Morgan fingerprint density at radius 3 is 2.88 bits per heavy atom. The third-order valence-corrected chi connectivity index (χ3v) is 3.88. The van der Waals surface area contributed by atoms with Crippen LogP contribution in [-0.4, -0.2) is 30.6 Å². The third kappa shape index (κ3) is 2.54. The van der Waals surface area contributed by atoms with Gasteiger partial charge in [-0.3, -0.25) is 0 Å². The van der Waals surface area contributed by atoms with Gasteiger partial charge in [-0.05, 0) is 23.8 Å². The maximum absolute atomic E-state index is 11.4. The zero-order valence-electron chi connectivity index (χ0n) is 12.7. The third-order valence-electron chi connectivity index (χ3n) is 3.88. The van der Waals surface area contributed by atoms with E-state index < -0.39 is 5.97 Å². The van der Waals surface area contributed by atoms with Crippen LogP contribution in [0, 0.1) is 0 Å². The summed E-state index contributed by atoms with van der Waals surface area (Å²) >= 11 is 0. The van der Waals surface area contributed by atoms with Crippen LogP contribution in [0.5, 0.6) is 0 Å². The summed E-state index contributed by atoms with van der Waals surface area (Å²) in [5.74, 6) is -0.408. The number of aromatic carboxylic acids is 1. The maximum Gasteiger partial charge on any atom is 0.336 e. The minimum absolute atomic E-state index is 0.232. The molecule has 118 valence electrons. The second kappa shape index (κ2) is 5.66. The zero-order valence-corrected chi connectivity index (χ0v) is 12.7. The predicted octanol–water partition coefficient (Wildman–Crippen LogP) is 3.17. The monoisotopic (exact) mass is 318 g/mol. The molecule has 0 atom stereocenters. The van der Waals surface area contributed by atoms with Crippen molar-refractivity contribution in [1.29, 1.82) is 0 Å². The molecule has 2 aromatic carbocycles. The van der Waals surface area contributed by atoms with Crippen LogP contribution in [-0.2, 0) is 6.54 Å². The minimum atomic E-state index is -0.966. The molecular formula is C18H14N4O2. The molecule has 2 heterocycles. The van der Waals surface area contributed by atoms with E-state index in [0.29, 0.717) is 11.4 Å². The van der Waals surface area contributed by atoms with Crippen LogP contribution < -0.4 is 0 Å². The fraction of sp³-hybridized carbons (Fsp3) is 0.0556. The molecule has 0 aliphatic carbocycles. The number of hydrogen-bond donors (Lipinski definition) is 2. The van der Waals surface area contributed by atoms with Crippen LogP contribution in [0.1, 0.15) is 15.9 Å². The number of carboxylic acid groups (broad SMARTS) is 1. The van der Waals surface area contributed by atoms with Gasteiger partial charge in [0, 0.05) is 24.5 Å². The van der Waals surface area contributed by atoms with E-state index in [4.69, 9.17) is 0 Å². The molecule has 2 aromatic heterocycles. The quantitative estimate of drug-likeness (QED) is 0.605. The van der Waals surface area contributed by atoms with Crippen molar-refractivity contribution in [3.05, 3.63) is 72.3 Å². The highest BCUT2D eigenvalue weighted by molar-refractivity contribution is 5.96. The normalized spacial score (nSPS) is 11.0. The molecule has 0 aliphatic heterocycles. The standard InChI is InChI=1S/C18H14N4O2/c23-18(24)14-4-2-1-3-13(14)17-20-15-6-5-12(9-16(15)21-17)10-22-8-7-19-11-22/h1-9,11H,10H2,(H,20,21)(H,23,24). The van der Waals surface area contributed by atoms with Crippen molar-refractivity contribution < 1.29 is 9.90 Å². The number of aromatic amines is 1. The number of carbonyl (C=O) groups is 1. The summed E-state index contributed by atoms with van der Waals surface area (Å²) in [4.78, 5) is 23.2. The van der Waals surface area contributed by atoms with Crippen LogP contribution in [0.15, 0.2) is 61.2 Å². The number of nitrogens with one attached hydrogen (secondary N) is 1. The number of fused-ring (bicyclic) bond motifs is 1. The Morgan fingerprint density at radius 2 is 2.08 bits per heavy atom. The molecule has 0 saturated heterocycles. The van der Waals surface area contributed by atoms with E-state index >= 15 is 0 Å². The molecule has 4 aromatic rings. The van der Waals surface area contributed by atoms with Gasteiger partial charge in [0.15, 0.2) is 0 Å². The second-order valence-electron chi connectivity index (χ2n) is 5.52. The lowest BCUT2D eigenvalue weighted by atomic mass is 10.1. The first-order valence-electron chi connectivity index (χ1n) is 7.48. The van der Waals surface area contributed by atoms with Gasteiger partial charge >= 0.3 is 5.97 Å². The zero-order chi connectivity index (χ0) is 16.5. The van der Waals surface area contributed by atoms with Crippen molar-refractivity contribution in [2.75, 3.05) is 0 Å². The Labute approximate surface area is 137 Å². The van der Waals surface area contributed by atoms with Crippen LogP contribution in [0.2, 0.25) is 0 Å². The van der Waals surface area contributed by atoms with Crippen molar-refractivity contribution in [3.63, 3.8) is 0 Å². The van der Waals surface area contributed by atoms with E-state index in [9.17, 15) is 9.90 Å². The first-order valence-corrected chi connectivity index (χ1v) is 7.48. The molecular weight excluding hydrogens is 304 g/mol. The highest BCUT2D eigenvalue weighted by atomic mass is 16.4. The summed E-state index contributed by atoms with van der Waals surface area (Å²) in [6, 6.07) is 12.8. The van der Waals surface area contributed by atoms with Crippen LogP contribution in [0.25, 0.3) is 22.4 Å². The van der Waals surface area contributed by atoms with E-state index in [1.54, 1.807) is 36.8 Å². The molecule has 0 aliphatic rings. The summed E-state index contributed by atoms with van der Waals surface area (Å²) < 4.78 is 1.98. The Morgan fingerprint density at radius 1 is 1.21 bits per heavy atom. The smallest absolute Gasteiger partial charge is 0.336 e. The number of imidazole rings is 2. The topological polar surface area (TPSA) is 83.8 Å². The van der Waals surface area contributed by atoms with Crippen LogP contribution in [0.4, 0.5) is 0 Å². The summed E-state index contributed by atoms with van der Waals surface area (Å²) in [7, 11) is 0. The molecule has 6 nitrogen and oxygen atoms in total. The molecule has 0 fully saturated rings. The number of aromatic nitrogens is 4. The lowest BCUT2D eigenvalue weighted by molar-refractivity contribution is 0.0697. The minimum Gasteiger partial charge on any atom is -0.478 e. The molecule has 0 bridgehead atoms. The van der Waals surface area contributed by atoms with Crippen molar-refractivity contribution in [2.24, 2.45) is 0 Å². The average molecular weight is 318 g/mol. The maximum atomic E-state index is 11.4. The molecule has 0 unspecified atom stereocenters. The van der Waals surface area contributed by atoms with Gasteiger partial charge in [-0.1, -0.05) is 24.3 Å². The van der Waals surface area contributed by atoms with Gasteiger partial charge in [-0.15, -0.1) is 0 Å². The van der Waals surface area contributed by atoms with Gasteiger partial charge in [0.2, 0.25) is 0 Å². The van der Waals surface area contributed by atoms with Crippen molar-refractivity contribution in [1.82, 2.24) is 19.5 Å². The Hall–Kier alpha value is -3.41. The van der Waals surface area contributed by atoms with Crippen LogP contribution >= 0.6 is 0 Å². The summed E-state index contributed by atoms with van der Waals surface area (Å²) in [5, 5.41) is 9.34. The molecule has 0 spiro atoms. The lowest BCUT2D eigenvalue weighted by Gasteiger charge is -2.02. The fourth-order valence-electron chi connectivity index (χ4n) is 2.75. The number of hydrogen-bond acceptors (Lipinski definition) is 3. The predicted molar refractivity (Wildman–Crippen MR) is 89.8 cm³/mol. The van der Waals surface area contributed by atoms with E-state index in [-0.39, 0.29) is 5.56 Å². The first kappa shape index (κ1) is 14.2. The molecule has 6 heteroatoms. The van der Waals surface area contributed by atoms with Crippen LogP contribution in [0.3, 0.4) is 0 Å². The lowest BCUT2D eigenvalue weighted by Crippen LogP contribution is -1.99. The molecule has 24 heavy (non-hydrogen) atoms. The second-order valence-corrected chi connectivity index (χ2v) is 5.52. The van der Waals surface area contributed by atoms with E-state index in [0.717, 1.165) is 23.1 Å². The number of rotatable bonds is 4. The van der Waals surface area contributed by atoms with E-state index in [1.807, 2.05) is 29.0 Å². The van der Waals surface area contributed by atoms with Gasteiger partial charge in [0.1, 0.15) is 5.82 Å². The molecule has 2 N–H and O–H groups in total. The number of nitrogens with zero attached hydrogens (tertiary/aromatic N) is 3. The van der Waals surface area contributed by atoms with Gasteiger partial charge in [-0.25, -0.2) is 14.8 Å². The Bertz CT molecular complexity index is 1020. The number of H-pyrrole nitrogens is 1.